The number of hydrogen-bond donors (Lipinski definition) is 2. The minimum Gasteiger partial charge on any atom is -0.351 e. The van der Waals surface area contributed by atoms with Gasteiger partial charge >= 0.3 is 0 Å². The molecule has 24 heavy (non-hydrogen) atoms. The maximum atomic E-state index is 12.4. The van der Waals surface area contributed by atoms with E-state index in [4.69, 9.17) is 0 Å². The molecule has 0 fully saturated rings. The lowest BCUT2D eigenvalue weighted by Crippen LogP contribution is -2.42. The highest BCUT2D eigenvalue weighted by Crippen LogP contribution is 2.18. The first-order chi connectivity index (χ1) is 11.6. The Morgan fingerprint density at radius 2 is 2.12 bits per heavy atom. The Labute approximate surface area is 141 Å². The summed E-state index contributed by atoms with van der Waals surface area (Å²) in [6, 6.07) is 9.37. The Bertz CT molecular complexity index is 711. The molecule has 0 radical (unpaired) electrons. The number of carbonyl (C=O) groups is 2. The van der Waals surface area contributed by atoms with Gasteiger partial charge in [0.25, 0.3) is 0 Å². The van der Waals surface area contributed by atoms with Crippen molar-refractivity contribution in [1.29, 1.82) is 0 Å². The number of imidazole rings is 1. The molecular formula is C18H22N4O2. The lowest BCUT2D eigenvalue weighted by Gasteiger charge is -2.26. The maximum absolute atomic E-state index is 12.4. The van der Waals surface area contributed by atoms with Crippen molar-refractivity contribution in [3.63, 3.8) is 0 Å². The van der Waals surface area contributed by atoms with Gasteiger partial charge in [-0.1, -0.05) is 30.3 Å². The van der Waals surface area contributed by atoms with Crippen LogP contribution in [-0.4, -0.2) is 27.4 Å². The van der Waals surface area contributed by atoms with E-state index in [1.54, 1.807) is 6.20 Å². The second kappa shape index (κ2) is 7.29. The van der Waals surface area contributed by atoms with Gasteiger partial charge in [-0.05, 0) is 12.0 Å². The second-order valence-corrected chi connectivity index (χ2v) is 6.17. The van der Waals surface area contributed by atoms with Gasteiger partial charge in [0.15, 0.2) is 0 Å². The fourth-order valence-electron chi connectivity index (χ4n) is 3.14. The Morgan fingerprint density at radius 1 is 1.33 bits per heavy atom. The first kappa shape index (κ1) is 16.2. The number of benzene rings is 1. The van der Waals surface area contributed by atoms with Gasteiger partial charge in [-0.2, -0.15) is 0 Å². The molecule has 0 bridgehead atoms. The highest BCUT2D eigenvalue weighted by Gasteiger charge is 2.22. The first-order valence-corrected chi connectivity index (χ1v) is 8.23. The van der Waals surface area contributed by atoms with Crippen molar-refractivity contribution in [2.45, 2.75) is 44.8 Å². The molecule has 1 aliphatic rings. The van der Waals surface area contributed by atoms with E-state index in [9.17, 15) is 9.59 Å². The average Bonchev–Trinajstić information content (AvgIpc) is 3.02. The molecule has 2 N–H and O–H groups in total. The summed E-state index contributed by atoms with van der Waals surface area (Å²) in [7, 11) is 0. The van der Waals surface area contributed by atoms with Crippen molar-refractivity contribution in [2.75, 3.05) is 0 Å². The van der Waals surface area contributed by atoms with Crippen LogP contribution in [0.4, 0.5) is 0 Å². The van der Waals surface area contributed by atoms with Gasteiger partial charge in [0.2, 0.25) is 11.8 Å². The summed E-state index contributed by atoms with van der Waals surface area (Å²) in [4.78, 5) is 28.2. The average molecular weight is 326 g/mol. The summed E-state index contributed by atoms with van der Waals surface area (Å²) < 4.78 is 2.08. The molecule has 6 heteroatoms. The van der Waals surface area contributed by atoms with Crippen LogP contribution < -0.4 is 10.6 Å². The summed E-state index contributed by atoms with van der Waals surface area (Å²) >= 11 is 0. The van der Waals surface area contributed by atoms with E-state index in [0.29, 0.717) is 0 Å². The Balaban J connectivity index is 1.60. The van der Waals surface area contributed by atoms with Crippen LogP contribution in [0.2, 0.25) is 0 Å². The number of aromatic nitrogens is 2. The molecule has 2 aromatic rings. The van der Waals surface area contributed by atoms with Crippen LogP contribution in [0.15, 0.2) is 42.7 Å². The van der Waals surface area contributed by atoms with Crippen LogP contribution in [0.3, 0.4) is 0 Å². The van der Waals surface area contributed by atoms with Crippen molar-refractivity contribution in [2.24, 2.45) is 0 Å². The Hall–Kier alpha value is -2.63. The number of carbonyl (C=O) groups excluding carboxylic acids is 2. The van der Waals surface area contributed by atoms with Crippen LogP contribution in [0, 0.1) is 0 Å². The van der Waals surface area contributed by atoms with Gasteiger partial charge in [-0.3, -0.25) is 9.59 Å². The third-order valence-corrected chi connectivity index (χ3v) is 4.27. The number of nitrogens with zero attached hydrogens (tertiary/aromatic N) is 2. The normalized spacial score (nSPS) is 17.6. The molecule has 1 aliphatic heterocycles. The molecule has 0 saturated carbocycles. The number of nitrogens with one attached hydrogen (secondary N) is 2. The van der Waals surface area contributed by atoms with Gasteiger partial charge in [0.1, 0.15) is 5.82 Å². The molecule has 3 rings (SSSR count). The van der Waals surface area contributed by atoms with Crippen LogP contribution >= 0.6 is 0 Å². The van der Waals surface area contributed by atoms with Crippen molar-refractivity contribution in [1.82, 2.24) is 20.2 Å². The van der Waals surface area contributed by atoms with Crippen LogP contribution in [0.5, 0.6) is 0 Å². The Morgan fingerprint density at radius 3 is 2.88 bits per heavy atom. The molecule has 2 heterocycles. The minimum absolute atomic E-state index is 0.0498. The fourth-order valence-corrected chi connectivity index (χ4v) is 3.14. The molecule has 0 aliphatic carbocycles. The smallest absolute Gasteiger partial charge is 0.222 e. The maximum Gasteiger partial charge on any atom is 0.222 e. The molecule has 2 amide bonds. The minimum atomic E-state index is -0.309. The van der Waals surface area contributed by atoms with E-state index in [0.717, 1.165) is 30.8 Å². The van der Waals surface area contributed by atoms with E-state index in [-0.39, 0.29) is 30.3 Å². The summed E-state index contributed by atoms with van der Waals surface area (Å²) in [5.41, 5.74) is 0.934. The van der Waals surface area contributed by atoms with Gasteiger partial charge in [-0.25, -0.2) is 4.98 Å². The van der Waals surface area contributed by atoms with Crippen molar-refractivity contribution in [3.05, 3.63) is 54.1 Å². The van der Waals surface area contributed by atoms with Gasteiger partial charge in [-0.15, -0.1) is 0 Å². The van der Waals surface area contributed by atoms with Gasteiger partial charge in [0, 0.05) is 38.3 Å². The molecule has 0 saturated heterocycles. The van der Waals surface area contributed by atoms with E-state index in [1.165, 1.54) is 6.92 Å². The number of amides is 2. The summed E-state index contributed by atoms with van der Waals surface area (Å²) in [6.45, 7) is 2.22. The Kier molecular flexibility index (Phi) is 4.93. The number of fused-ring (bicyclic) bond motifs is 1. The third kappa shape index (κ3) is 4.01. The predicted molar refractivity (Wildman–Crippen MR) is 90.1 cm³/mol. The zero-order chi connectivity index (χ0) is 16.9. The third-order valence-electron chi connectivity index (χ3n) is 4.27. The van der Waals surface area contributed by atoms with E-state index >= 15 is 0 Å². The molecular weight excluding hydrogens is 304 g/mol. The van der Waals surface area contributed by atoms with Crippen molar-refractivity contribution in [3.8, 4) is 0 Å². The monoisotopic (exact) mass is 326 g/mol. The quantitative estimate of drug-likeness (QED) is 0.876. The van der Waals surface area contributed by atoms with E-state index < -0.39 is 0 Å². The largest absolute Gasteiger partial charge is 0.351 e. The summed E-state index contributed by atoms with van der Waals surface area (Å²) in [5.74, 6) is 0.879. The second-order valence-electron chi connectivity index (χ2n) is 6.17. The molecule has 2 atom stereocenters. The zero-order valence-corrected chi connectivity index (χ0v) is 13.7. The molecule has 0 unspecified atom stereocenters. The standard InChI is InChI=1S/C18H22N4O2/c1-13(23)20-16(14-5-3-2-4-6-14)11-18(24)21-15-7-8-17-19-9-10-22(17)12-15/h2-6,9-10,15-16H,7-8,11-12H2,1H3,(H,20,23)(H,21,24)/t15-,16-/m1/s1. The van der Waals surface area contributed by atoms with Gasteiger partial charge < -0.3 is 15.2 Å². The highest BCUT2D eigenvalue weighted by atomic mass is 16.2. The van der Waals surface area contributed by atoms with E-state index in [1.807, 2.05) is 36.5 Å². The molecule has 6 nitrogen and oxygen atoms in total. The lowest BCUT2D eigenvalue weighted by molar-refractivity contribution is -0.123. The first-order valence-electron chi connectivity index (χ1n) is 8.23. The van der Waals surface area contributed by atoms with Crippen LogP contribution in [-0.2, 0) is 22.6 Å². The molecule has 1 aromatic heterocycles. The van der Waals surface area contributed by atoms with Crippen molar-refractivity contribution < 1.29 is 9.59 Å². The zero-order valence-electron chi connectivity index (χ0n) is 13.7. The molecule has 1 aromatic carbocycles. The topological polar surface area (TPSA) is 76.0 Å². The SMILES string of the molecule is CC(=O)N[C@H](CC(=O)N[C@@H]1CCc2nccn2C1)c1ccccc1. The van der Waals surface area contributed by atoms with Crippen LogP contribution in [0.1, 0.15) is 37.2 Å². The fraction of sp³-hybridized carbons (Fsp3) is 0.389. The predicted octanol–water partition coefficient (Wildman–Crippen LogP) is 1.58. The van der Waals surface area contributed by atoms with Gasteiger partial charge in [0.05, 0.1) is 12.5 Å². The van der Waals surface area contributed by atoms with Crippen molar-refractivity contribution >= 4 is 11.8 Å². The lowest BCUT2D eigenvalue weighted by atomic mass is 10.0. The number of aryl methyl sites for hydroxylation is 1. The van der Waals surface area contributed by atoms with E-state index in [2.05, 4.69) is 20.2 Å². The summed E-state index contributed by atoms with van der Waals surface area (Å²) in [5, 5.41) is 5.95. The number of rotatable bonds is 5. The molecule has 126 valence electrons. The van der Waals surface area contributed by atoms with Crippen LogP contribution in [0.25, 0.3) is 0 Å². The number of hydrogen-bond acceptors (Lipinski definition) is 3. The molecule has 0 spiro atoms. The highest BCUT2D eigenvalue weighted by molar-refractivity contribution is 5.79. The summed E-state index contributed by atoms with van der Waals surface area (Å²) in [6.07, 6.45) is 5.72.